The fourth-order valence-corrected chi connectivity index (χ4v) is 3.88. The van der Waals surface area contributed by atoms with Crippen LogP contribution in [0.1, 0.15) is 12.8 Å². The quantitative estimate of drug-likeness (QED) is 0.329. The van der Waals surface area contributed by atoms with E-state index in [9.17, 15) is 14.0 Å². The molecule has 1 heterocycles. The summed E-state index contributed by atoms with van der Waals surface area (Å²) in [5, 5.41) is 6.13. The van der Waals surface area contributed by atoms with Gasteiger partial charge >= 0.3 is 0 Å². The fourth-order valence-electron chi connectivity index (χ4n) is 3.88. The van der Waals surface area contributed by atoms with Crippen LogP contribution in [-0.4, -0.2) is 36.0 Å². The Labute approximate surface area is 211 Å². The average molecular weight is 503 g/mol. The van der Waals surface area contributed by atoms with E-state index in [-0.39, 0.29) is 0 Å². The summed E-state index contributed by atoms with van der Waals surface area (Å²) in [6.07, 6.45) is 2.26. The molecule has 1 fully saturated rings. The van der Waals surface area contributed by atoms with Gasteiger partial charge in [0.05, 0.1) is 25.1 Å². The molecule has 4 aromatic rings. The van der Waals surface area contributed by atoms with Crippen molar-refractivity contribution in [3.05, 3.63) is 72.8 Å². The normalized spacial score (nSPS) is 13.5. The van der Waals surface area contributed by atoms with Gasteiger partial charge in [0, 0.05) is 17.4 Å². The lowest BCUT2D eigenvalue weighted by molar-refractivity contribution is -0.131. The minimum Gasteiger partial charge on any atom is -0.493 e. The van der Waals surface area contributed by atoms with Crippen molar-refractivity contribution in [3.63, 3.8) is 0 Å². The predicted molar refractivity (Wildman–Crippen MR) is 134 cm³/mol. The molecule has 3 aromatic carbocycles. The third-order valence-corrected chi connectivity index (χ3v) is 6.15. The Kier molecular flexibility index (Phi) is 6.31. The second kappa shape index (κ2) is 9.73. The third-order valence-electron chi connectivity index (χ3n) is 6.15. The van der Waals surface area contributed by atoms with Crippen LogP contribution in [0, 0.1) is 11.2 Å². The molecule has 9 nitrogen and oxygen atoms in total. The average Bonchev–Trinajstić information content (AvgIpc) is 3.73. The van der Waals surface area contributed by atoms with Crippen molar-refractivity contribution in [2.24, 2.45) is 5.41 Å². The maximum atomic E-state index is 13.1. The Bertz CT molecular complexity index is 1470. The summed E-state index contributed by atoms with van der Waals surface area (Å²) in [5.41, 5.74) is 0.418. The number of nitrogens with one attached hydrogen (secondary N) is 2. The Morgan fingerprint density at radius 3 is 1.97 bits per heavy atom. The van der Waals surface area contributed by atoms with Gasteiger partial charge in [-0.2, -0.15) is 0 Å². The minimum atomic E-state index is -1.15. The highest BCUT2D eigenvalue weighted by Gasteiger charge is 2.56. The molecule has 37 heavy (non-hydrogen) atoms. The van der Waals surface area contributed by atoms with Crippen molar-refractivity contribution in [1.29, 1.82) is 0 Å². The van der Waals surface area contributed by atoms with Gasteiger partial charge in [0.15, 0.2) is 11.5 Å². The van der Waals surface area contributed by atoms with E-state index in [2.05, 4.69) is 20.6 Å². The number of carbonyl (C=O) groups is 2. The molecule has 1 aromatic heterocycles. The zero-order valence-corrected chi connectivity index (χ0v) is 20.1. The predicted octanol–water partition coefficient (Wildman–Crippen LogP) is 4.94. The lowest BCUT2D eigenvalue weighted by atomic mass is 10.0. The summed E-state index contributed by atoms with van der Waals surface area (Å²) >= 11 is 0. The second-order valence-corrected chi connectivity index (χ2v) is 8.53. The third kappa shape index (κ3) is 4.86. The van der Waals surface area contributed by atoms with Crippen molar-refractivity contribution in [3.8, 4) is 23.1 Å². The van der Waals surface area contributed by atoms with Gasteiger partial charge in [0.1, 0.15) is 23.3 Å². The number of hydrogen-bond acceptors (Lipinski definition) is 7. The molecule has 188 valence electrons. The first-order chi connectivity index (χ1) is 17.9. The number of halogens is 1. The first-order valence-electron chi connectivity index (χ1n) is 11.4. The van der Waals surface area contributed by atoms with Crippen molar-refractivity contribution in [2.45, 2.75) is 12.8 Å². The first kappa shape index (κ1) is 24.0. The van der Waals surface area contributed by atoms with Crippen LogP contribution in [0.4, 0.5) is 15.8 Å². The van der Waals surface area contributed by atoms with Crippen molar-refractivity contribution in [1.82, 2.24) is 9.97 Å². The van der Waals surface area contributed by atoms with Crippen molar-refractivity contribution in [2.75, 3.05) is 24.9 Å². The van der Waals surface area contributed by atoms with Crippen LogP contribution in [0.15, 0.2) is 67.0 Å². The van der Waals surface area contributed by atoms with E-state index >= 15 is 0 Å². The minimum absolute atomic E-state index is 0.331. The summed E-state index contributed by atoms with van der Waals surface area (Å²) in [6.45, 7) is 0. The van der Waals surface area contributed by atoms with E-state index in [1.807, 2.05) is 0 Å². The summed E-state index contributed by atoms with van der Waals surface area (Å²) in [7, 11) is 3.09. The topological polar surface area (TPSA) is 112 Å². The molecule has 2 amide bonds. The zero-order valence-electron chi connectivity index (χ0n) is 20.1. The number of aromatic nitrogens is 2. The molecule has 0 saturated heterocycles. The molecule has 0 radical (unpaired) electrons. The van der Waals surface area contributed by atoms with Crippen LogP contribution in [0.5, 0.6) is 23.1 Å². The Hall–Kier alpha value is -4.73. The van der Waals surface area contributed by atoms with Gasteiger partial charge in [-0.1, -0.05) is 0 Å². The Balaban J connectivity index is 1.27. The molecule has 5 rings (SSSR count). The monoisotopic (exact) mass is 502 g/mol. The standard InChI is InChI=1S/C27H23FN4O5/c1-35-22-13-20-21(14-23(22)36-2)29-15-30-24(20)37-19-9-7-18(8-10-19)32-26(34)27(11-12-27)25(33)31-17-5-3-16(28)4-6-17/h3-10,13-15H,11-12H2,1-2H3,(H,31,33)(H,32,34). The lowest BCUT2D eigenvalue weighted by Crippen LogP contribution is -2.35. The van der Waals surface area contributed by atoms with Crippen molar-refractivity contribution >= 4 is 34.1 Å². The second-order valence-electron chi connectivity index (χ2n) is 8.53. The molecule has 0 aliphatic heterocycles. The van der Waals surface area contributed by atoms with Gasteiger partial charge in [-0.3, -0.25) is 9.59 Å². The van der Waals surface area contributed by atoms with Crippen LogP contribution in [0.3, 0.4) is 0 Å². The van der Waals surface area contributed by atoms with E-state index < -0.39 is 23.0 Å². The highest BCUT2D eigenvalue weighted by atomic mass is 19.1. The molecule has 0 bridgehead atoms. The van der Waals surface area contributed by atoms with Crippen molar-refractivity contribution < 1.29 is 28.2 Å². The Morgan fingerprint density at radius 2 is 1.41 bits per heavy atom. The van der Waals surface area contributed by atoms with E-state index in [0.29, 0.717) is 58.2 Å². The zero-order chi connectivity index (χ0) is 26.0. The number of amides is 2. The molecular weight excluding hydrogens is 479 g/mol. The smallest absolute Gasteiger partial charge is 0.240 e. The Morgan fingerprint density at radius 1 is 0.838 bits per heavy atom. The van der Waals surface area contributed by atoms with Crippen LogP contribution in [0.25, 0.3) is 10.9 Å². The maximum Gasteiger partial charge on any atom is 0.240 e. The number of carbonyl (C=O) groups excluding carboxylic acids is 2. The van der Waals surface area contributed by atoms with Gasteiger partial charge < -0.3 is 24.8 Å². The molecule has 10 heteroatoms. The summed E-state index contributed by atoms with van der Waals surface area (Å²) in [6, 6.07) is 15.6. The summed E-state index contributed by atoms with van der Waals surface area (Å²) < 4.78 is 29.8. The molecule has 2 N–H and O–H groups in total. The van der Waals surface area contributed by atoms with Gasteiger partial charge in [-0.15, -0.1) is 0 Å². The highest BCUT2D eigenvalue weighted by Crippen LogP contribution is 2.47. The van der Waals surface area contributed by atoms with Gasteiger partial charge in [-0.05, 0) is 67.4 Å². The summed E-state index contributed by atoms with van der Waals surface area (Å²) in [4.78, 5) is 34.2. The number of fused-ring (bicyclic) bond motifs is 1. The van der Waals surface area contributed by atoms with Crippen LogP contribution >= 0.6 is 0 Å². The molecule has 1 saturated carbocycles. The highest BCUT2D eigenvalue weighted by molar-refractivity contribution is 6.16. The number of rotatable bonds is 8. The van der Waals surface area contributed by atoms with E-state index in [4.69, 9.17) is 14.2 Å². The fraction of sp³-hybridized carbons (Fsp3) is 0.185. The van der Waals surface area contributed by atoms with Gasteiger partial charge in [-0.25, -0.2) is 14.4 Å². The summed E-state index contributed by atoms with van der Waals surface area (Å²) in [5.74, 6) is 0.657. The van der Waals surface area contributed by atoms with Gasteiger partial charge in [0.25, 0.3) is 0 Å². The molecule has 0 unspecified atom stereocenters. The lowest BCUT2D eigenvalue weighted by Gasteiger charge is -2.16. The number of hydrogen-bond donors (Lipinski definition) is 2. The molecule has 1 aliphatic rings. The van der Waals surface area contributed by atoms with E-state index in [1.165, 1.54) is 30.6 Å². The van der Waals surface area contributed by atoms with E-state index in [0.717, 1.165) is 0 Å². The van der Waals surface area contributed by atoms with Crippen LogP contribution in [-0.2, 0) is 9.59 Å². The molecular formula is C27H23FN4O5. The van der Waals surface area contributed by atoms with E-state index in [1.54, 1.807) is 50.6 Å². The molecule has 0 atom stereocenters. The largest absolute Gasteiger partial charge is 0.493 e. The number of benzene rings is 3. The first-order valence-corrected chi connectivity index (χ1v) is 11.4. The number of methoxy groups -OCH3 is 2. The number of nitrogens with zero attached hydrogens (tertiary/aromatic N) is 2. The van der Waals surface area contributed by atoms with Crippen LogP contribution in [0.2, 0.25) is 0 Å². The number of ether oxygens (including phenoxy) is 3. The maximum absolute atomic E-state index is 13.1. The molecule has 1 aliphatic carbocycles. The van der Waals surface area contributed by atoms with Crippen LogP contribution < -0.4 is 24.8 Å². The SMILES string of the molecule is COc1cc2ncnc(Oc3ccc(NC(=O)C4(C(=O)Nc5ccc(F)cc5)CC4)cc3)c2cc1OC. The molecule has 0 spiro atoms. The number of anilines is 2. The van der Waals surface area contributed by atoms with Gasteiger partial charge in [0.2, 0.25) is 17.7 Å².